The molecule has 0 heterocycles. The third-order valence-electron chi connectivity index (χ3n) is 3.94. The summed E-state index contributed by atoms with van der Waals surface area (Å²) < 4.78 is 6.21. The van der Waals surface area contributed by atoms with Crippen molar-refractivity contribution in [2.75, 3.05) is 6.54 Å². The van der Waals surface area contributed by atoms with Gasteiger partial charge in [-0.15, -0.1) is 0 Å². The predicted molar refractivity (Wildman–Crippen MR) is 83.7 cm³/mol. The Kier molecular flexibility index (Phi) is 5.09. The van der Waals surface area contributed by atoms with E-state index in [1.807, 2.05) is 12.1 Å². The van der Waals surface area contributed by atoms with Gasteiger partial charge in [0.25, 0.3) is 0 Å². The van der Waals surface area contributed by atoms with Gasteiger partial charge < -0.3 is 10.5 Å². The second-order valence-corrected chi connectivity index (χ2v) is 6.14. The number of ether oxygens (including phenoxy) is 1. The molecule has 20 heavy (non-hydrogen) atoms. The lowest BCUT2D eigenvalue weighted by Gasteiger charge is -2.32. The molecule has 1 aliphatic carbocycles. The van der Waals surface area contributed by atoms with Crippen LogP contribution in [0.5, 0.6) is 5.75 Å². The van der Waals surface area contributed by atoms with E-state index in [-0.39, 0.29) is 0 Å². The van der Waals surface area contributed by atoms with Crippen molar-refractivity contribution in [3.63, 3.8) is 0 Å². The second kappa shape index (κ2) is 6.81. The van der Waals surface area contributed by atoms with Crippen LogP contribution in [-0.2, 0) is 0 Å². The first-order valence-electron chi connectivity index (χ1n) is 7.54. The van der Waals surface area contributed by atoms with E-state index in [0.717, 1.165) is 28.7 Å². The van der Waals surface area contributed by atoms with E-state index < -0.39 is 0 Å². The molecule has 0 amide bonds. The van der Waals surface area contributed by atoms with Crippen molar-refractivity contribution >= 4 is 0 Å². The zero-order valence-corrected chi connectivity index (χ0v) is 12.8. The Morgan fingerprint density at radius 1 is 1.20 bits per heavy atom. The van der Waals surface area contributed by atoms with Crippen LogP contribution in [0, 0.1) is 30.6 Å². The minimum atomic E-state index is 0.355. The zero-order chi connectivity index (χ0) is 14.5. The number of aryl methyl sites for hydroxylation is 1. The van der Waals surface area contributed by atoms with Crippen molar-refractivity contribution in [3.05, 3.63) is 29.3 Å². The highest BCUT2D eigenvalue weighted by atomic mass is 16.5. The molecule has 0 bridgehead atoms. The molecule has 0 aliphatic heterocycles. The molecule has 2 heteroatoms. The number of hydrogen-bond donors (Lipinski definition) is 1. The summed E-state index contributed by atoms with van der Waals surface area (Å²) in [6.07, 6.45) is 4.01. The van der Waals surface area contributed by atoms with Gasteiger partial charge in [-0.25, -0.2) is 0 Å². The van der Waals surface area contributed by atoms with Crippen LogP contribution >= 0.6 is 0 Å². The van der Waals surface area contributed by atoms with Crippen molar-refractivity contribution < 1.29 is 4.74 Å². The Morgan fingerprint density at radius 3 is 2.50 bits per heavy atom. The molecule has 108 valence electrons. The Bertz CT molecular complexity index is 502. The molecule has 1 aliphatic rings. The third-order valence-corrected chi connectivity index (χ3v) is 3.94. The first-order chi connectivity index (χ1) is 9.58. The van der Waals surface area contributed by atoms with Crippen molar-refractivity contribution in [2.45, 2.75) is 46.1 Å². The van der Waals surface area contributed by atoms with E-state index in [4.69, 9.17) is 10.5 Å². The van der Waals surface area contributed by atoms with Gasteiger partial charge in [0.1, 0.15) is 5.75 Å². The van der Waals surface area contributed by atoms with E-state index in [2.05, 4.69) is 38.7 Å². The lowest BCUT2D eigenvalue weighted by molar-refractivity contribution is 0.100. The summed E-state index contributed by atoms with van der Waals surface area (Å²) in [5.74, 6) is 8.46. The molecule has 0 spiro atoms. The molecule has 2 unspecified atom stereocenters. The van der Waals surface area contributed by atoms with Crippen LogP contribution in [-0.4, -0.2) is 12.6 Å². The van der Waals surface area contributed by atoms with Gasteiger partial charge in [0, 0.05) is 5.56 Å². The van der Waals surface area contributed by atoms with Crippen molar-refractivity contribution in [1.82, 2.24) is 0 Å². The van der Waals surface area contributed by atoms with Crippen LogP contribution in [0.1, 0.15) is 44.2 Å². The average Bonchev–Trinajstić information content (AvgIpc) is 2.38. The van der Waals surface area contributed by atoms with Crippen LogP contribution in [0.2, 0.25) is 0 Å². The maximum absolute atomic E-state index is 6.21. The van der Waals surface area contributed by atoms with Gasteiger partial charge in [-0.3, -0.25) is 0 Å². The summed E-state index contributed by atoms with van der Waals surface area (Å²) in [4.78, 5) is 0. The molecule has 2 atom stereocenters. The smallest absolute Gasteiger partial charge is 0.122 e. The number of benzene rings is 1. The van der Waals surface area contributed by atoms with Gasteiger partial charge in [-0.2, -0.15) is 0 Å². The Balaban J connectivity index is 2.06. The quantitative estimate of drug-likeness (QED) is 0.835. The molecular weight excluding hydrogens is 246 g/mol. The summed E-state index contributed by atoms with van der Waals surface area (Å²) in [6, 6.07) is 6.13. The summed E-state index contributed by atoms with van der Waals surface area (Å²) in [6.45, 7) is 7.13. The van der Waals surface area contributed by atoms with Crippen LogP contribution in [0.25, 0.3) is 0 Å². The van der Waals surface area contributed by atoms with E-state index >= 15 is 0 Å². The first kappa shape index (κ1) is 14.9. The molecule has 0 radical (unpaired) electrons. The normalized spacial score (nSPS) is 25.7. The van der Waals surface area contributed by atoms with Gasteiger partial charge in [0.2, 0.25) is 0 Å². The first-order valence-corrected chi connectivity index (χ1v) is 7.54. The van der Waals surface area contributed by atoms with Crippen LogP contribution in [0.15, 0.2) is 18.2 Å². The largest absolute Gasteiger partial charge is 0.490 e. The molecule has 1 aromatic carbocycles. The van der Waals surface area contributed by atoms with Crippen LogP contribution in [0.4, 0.5) is 0 Å². The van der Waals surface area contributed by atoms with Crippen molar-refractivity contribution in [2.24, 2.45) is 17.6 Å². The zero-order valence-electron chi connectivity index (χ0n) is 12.8. The minimum Gasteiger partial charge on any atom is -0.490 e. The Morgan fingerprint density at radius 2 is 1.90 bits per heavy atom. The highest BCUT2D eigenvalue weighted by molar-refractivity contribution is 5.43. The van der Waals surface area contributed by atoms with E-state index in [1.165, 1.54) is 19.3 Å². The van der Waals surface area contributed by atoms with Crippen LogP contribution in [0.3, 0.4) is 0 Å². The number of hydrogen-bond acceptors (Lipinski definition) is 2. The SMILES string of the molecule is Cc1cc(C#CCN)ccc1OC1CC(C)CC(C)C1. The third kappa shape index (κ3) is 4.02. The molecule has 2 N–H and O–H groups in total. The maximum atomic E-state index is 6.21. The van der Waals surface area contributed by atoms with Crippen molar-refractivity contribution in [3.8, 4) is 17.6 Å². The summed E-state index contributed by atoms with van der Waals surface area (Å²) in [5, 5.41) is 0. The second-order valence-electron chi connectivity index (χ2n) is 6.14. The van der Waals surface area contributed by atoms with Crippen LogP contribution < -0.4 is 10.5 Å². The van der Waals surface area contributed by atoms with Crippen molar-refractivity contribution in [1.29, 1.82) is 0 Å². The highest BCUT2D eigenvalue weighted by Gasteiger charge is 2.25. The molecule has 1 aromatic rings. The Hall–Kier alpha value is -1.46. The lowest BCUT2D eigenvalue weighted by Crippen LogP contribution is -2.28. The molecule has 2 rings (SSSR count). The van der Waals surface area contributed by atoms with E-state index in [9.17, 15) is 0 Å². The summed E-state index contributed by atoms with van der Waals surface area (Å²) >= 11 is 0. The maximum Gasteiger partial charge on any atom is 0.122 e. The van der Waals surface area contributed by atoms with E-state index in [1.54, 1.807) is 0 Å². The number of nitrogens with two attached hydrogens (primary N) is 1. The fourth-order valence-corrected chi connectivity index (χ4v) is 3.16. The highest BCUT2D eigenvalue weighted by Crippen LogP contribution is 2.32. The molecule has 0 aromatic heterocycles. The standard InChI is InChI=1S/C18H25NO/c1-13-9-14(2)11-17(10-13)20-18-7-6-16(5-4-8-19)12-15(18)3/h6-7,12-14,17H,8-11,19H2,1-3H3. The van der Waals surface area contributed by atoms with Gasteiger partial charge in [0.15, 0.2) is 0 Å². The molecule has 2 nitrogen and oxygen atoms in total. The Labute approximate surface area is 122 Å². The predicted octanol–water partition coefficient (Wildman–Crippen LogP) is 3.51. The topological polar surface area (TPSA) is 35.2 Å². The fourth-order valence-electron chi connectivity index (χ4n) is 3.16. The average molecular weight is 271 g/mol. The minimum absolute atomic E-state index is 0.355. The molecular formula is C18H25NO. The summed E-state index contributed by atoms with van der Waals surface area (Å²) in [5.41, 5.74) is 7.55. The fraction of sp³-hybridized carbons (Fsp3) is 0.556. The monoisotopic (exact) mass is 271 g/mol. The van der Waals surface area contributed by atoms with Gasteiger partial charge in [-0.1, -0.05) is 25.7 Å². The summed E-state index contributed by atoms with van der Waals surface area (Å²) in [7, 11) is 0. The lowest BCUT2D eigenvalue weighted by atomic mass is 9.82. The molecule has 0 saturated heterocycles. The van der Waals surface area contributed by atoms with E-state index in [0.29, 0.717) is 12.6 Å². The van der Waals surface area contributed by atoms with Gasteiger partial charge >= 0.3 is 0 Å². The van der Waals surface area contributed by atoms with Gasteiger partial charge in [-0.05, 0) is 61.8 Å². The van der Waals surface area contributed by atoms with Gasteiger partial charge in [0.05, 0.1) is 12.6 Å². The molecule has 1 fully saturated rings. The molecule has 1 saturated carbocycles. The number of rotatable bonds is 2.